The summed E-state index contributed by atoms with van der Waals surface area (Å²) in [6, 6.07) is 9.89. The third kappa shape index (κ3) is 2.96. The fraction of sp³-hybridized carbons (Fsp3) is 0.267. The monoisotopic (exact) mass is 256 g/mol. The number of carboxylic acid groups (broad SMARTS) is 1. The van der Waals surface area contributed by atoms with E-state index in [1.165, 1.54) is 5.56 Å². The average molecular weight is 256 g/mol. The number of carbonyl (C=O) groups is 1. The van der Waals surface area contributed by atoms with E-state index in [2.05, 4.69) is 29.0 Å². The van der Waals surface area contributed by atoms with E-state index in [1.54, 1.807) is 19.2 Å². The van der Waals surface area contributed by atoms with Crippen molar-refractivity contribution in [1.82, 2.24) is 9.97 Å². The van der Waals surface area contributed by atoms with Crippen molar-refractivity contribution in [2.45, 2.75) is 26.2 Å². The van der Waals surface area contributed by atoms with Crippen molar-refractivity contribution in [2.75, 3.05) is 0 Å². The maximum atomic E-state index is 11.0. The van der Waals surface area contributed by atoms with Crippen molar-refractivity contribution in [1.29, 1.82) is 0 Å². The Hall–Kier alpha value is -2.23. The molecule has 1 unspecified atom stereocenters. The fourth-order valence-corrected chi connectivity index (χ4v) is 1.76. The highest BCUT2D eigenvalue weighted by atomic mass is 16.4. The second-order valence-corrected chi connectivity index (χ2v) is 4.41. The van der Waals surface area contributed by atoms with Gasteiger partial charge >= 0.3 is 5.97 Å². The Labute approximate surface area is 112 Å². The first kappa shape index (κ1) is 13.2. The van der Waals surface area contributed by atoms with Gasteiger partial charge in [-0.25, -0.2) is 9.97 Å². The third-order valence-corrected chi connectivity index (χ3v) is 3.09. The highest BCUT2D eigenvalue weighted by molar-refractivity contribution is 5.74. The molecule has 4 nitrogen and oxygen atoms in total. The molecule has 1 aromatic carbocycles. The van der Waals surface area contributed by atoms with Crippen LogP contribution in [0.3, 0.4) is 0 Å². The van der Waals surface area contributed by atoms with E-state index in [4.69, 9.17) is 5.11 Å². The van der Waals surface area contributed by atoms with Crippen molar-refractivity contribution in [2.24, 2.45) is 0 Å². The zero-order valence-electron chi connectivity index (χ0n) is 11.0. The van der Waals surface area contributed by atoms with Gasteiger partial charge in [-0.05, 0) is 25.0 Å². The molecular formula is C15H16N2O2. The molecule has 0 radical (unpaired) electrons. The van der Waals surface area contributed by atoms with Crippen LogP contribution in [0.5, 0.6) is 0 Å². The molecule has 0 amide bonds. The molecule has 1 aromatic heterocycles. The van der Waals surface area contributed by atoms with Gasteiger partial charge < -0.3 is 5.11 Å². The number of aromatic nitrogens is 2. The Morgan fingerprint density at radius 1 is 1.26 bits per heavy atom. The molecule has 0 spiro atoms. The van der Waals surface area contributed by atoms with Crippen LogP contribution in [0.2, 0.25) is 0 Å². The lowest BCUT2D eigenvalue weighted by molar-refractivity contribution is -0.138. The van der Waals surface area contributed by atoms with Gasteiger partial charge in [0.05, 0.1) is 5.69 Å². The first-order valence-electron chi connectivity index (χ1n) is 6.27. The van der Waals surface area contributed by atoms with Crippen molar-refractivity contribution < 1.29 is 9.90 Å². The van der Waals surface area contributed by atoms with Crippen LogP contribution >= 0.6 is 0 Å². The normalized spacial score (nSPS) is 12.1. The summed E-state index contributed by atoms with van der Waals surface area (Å²) >= 11 is 0. The number of aliphatic carboxylic acids is 1. The van der Waals surface area contributed by atoms with E-state index in [0.717, 1.165) is 17.7 Å². The van der Waals surface area contributed by atoms with Gasteiger partial charge in [0.25, 0.3) is 0 Å². The van der Waals surface area contributed by atoms with Crippen LogP contribution in [0.4, 0.5) is 0 Å². The standard InChI is InChI=1S/C15H16N2O2/c1-3-11-4-6-12(7-5-11)13-8-9-16-14(17-13)10(2)15(18)19/h4-10H,3H2,1-2H3,(H,18,19). The number of benzene rings is 1. The van der Waals surface area contributed by atoms with Gasteiger partial charge in [0.2, 0.25) is 0 Å². The Kier molecular flexibility index (Phi) is 3.90. The predicted octanol–water partition coefficient (Wildman–Crippen LogP) is 2.89. The largest absolute Gasteiger partial charge is 0.481 e. The van der Waals surface area contributed by atoms with Gasteiger partial charge in [0.1, 0.15) is 11.7 Å². The van der Waals surface area contributed by atoms with Crippen molar-refractivity contribution in [3.05, 3.63) is 47.9 Å². The second-order valence-electron chi connectivity index (χ2n) is 4.41. The molecule has 98 valence electrons. The van der Waals surface area contributed by atoms with Gasteiger partial charge in [-0.15, -0.1) is 0 Å². The Balaban J connectivity index is 2.34. The Bertz CT molecular complexity index is 579. The zero-order chi connectivity index (χ0) is 13.8. The summed E-state index contributed by atoms with van der Waals surface area (Å²) in [5, 5.41) is 8.99. The summed E-state index contributed by atoms with van der Waals surface area (Å²) in [6.07, 6.45) is 2.59. The number of nitrogens with zero attached hydrogens (tertiary/aromatic N) is 2. The zero-order valence-corrected chi connectivity index (χ0v) is 11.0. The quantitative estimate of drug-likeness (QED) is 0.913. The van der Waals surface area contributed by atoms with E-state index < -0.39 is 11.9 Å². The molecule has 1 atom stereocenters. The minimum atomic E-state index is -0.918. The Morgan fingerprint density at radius 2 is 1.95 bits per heavy atom. The summed E-state index contributed by atoms with van der Waals surface area (Å²) in [5.41, 5.74) is 2.98. The summed E-state index contributed by atoms with van der Waals surface area (Å²) < 4.78 is 0. The summed E-state index contributed by atoms with van der Waals surface area (Å²) in [4.78, 5) is 19.3. The van der Waals surface area contributed by atoms with Crippen molar-refractivity contribution >= 4 is 5.97 Å². The lowest BCUT2D eigenvalue weighted by Crippen LogP contribution is -2.11. The van der Waals surface area contributed by atoms with Gasteiger partial charge in [-0.2, -0.15) is 0 Å². The lowest BCUT2D eigenvalue weighted by atomic mass is 10.1. The van der Waals surface area contributed by atoms with E-state index in [1.807, 2.05) is 12.1 Å². The van der Waals surface area contributed by atoms with Gasteiger partial charge in [-0.3, -0.25) is 4.79 Å². The van der Waals surface area contributed by atoms with Crippen LogP contribution in [0.15, 0.2) is 36.5 Å². The molecule has 0 bridgehead atoms. The molecule has 0 saturated carbocycles. The maximum absolute atomic E-state index is 11.0. The van der Waals surface area contributed by atoms with E-state index in [0.29, 0.717) is 5.82 Å². The number of aryl methyl sites for hydroxylation is 1. The Morgan fingerprint density at radius 3 is 2.53 bits per heavy atom. The molecule has 0 aliphatic heterocycles. The molecule has 2 rings (SSSR count). The number of hydrogen-bond acceptors (Lipinski definition) is 3. The summed E-state index contributed by atoms with van der Waals surface area (Å²) in [5.74, 6) is -1.28. The molecule has 0 aliphatic rings. The van der Waals surface area contributed by atoms with Gasteiger partial charge in [0, 0.05) is 11.8 Å². The lowest BCUT2D eigenvalue weighted by Gasteiger charge is -2.07. The highest BCUT2D eigenvalue weighted by Gasteiger charge is 2.17. The van der Waals surface area contributed by atoms with E-state index in [9.17, 15) is 4.79 Å². The first-order chi connectivity index (χ1) is 9.11. The van der Waals surface area contributed by atoms with Gasteiger partial charge in [-0.1, -0.05) is 31.2 Å². The molecule has 1 heterocycles. The number of rotatable bonds is 4. The molecule has 1 N–H and O–H groups in total. The molecule has 0 fully saturated rings. The van der Waals surface area contributed by atoms with Crippen LogP contribution < -0.4 is 0 Å². The molecular weight excluding hydrogens is 240 g/mol. The highest BCUT2D eigenvalue weighted by Crippen LogP contribution is 2.19. The SMILES string of the molecule is CCc1ccc(-c2ccnc(C(C)C(=O)O)n2)cc1. The number of hydrogen-bond donors (Lipinski definition) is 1. The third-order valence-electron chi connectivity index (χ3n) is 3.09. The number of carboxylic acids is 1. The molecule has 2 aromatic rings. The smallest absolute Gasteiger partial charge is 0.313 e. The van der Waals surface area contributed by atoms with Crippen molar-refractivity contribution in [3.63, 3.8) is 0 Å². The van der Waals surface area contributed by atoms with E-state index in [-0.39, 0.29) is 0 Å². The first-order valence-corrected chi connectivity index (χ1v) is 6.27. The predicted molar refractivity (Wildman–Crippen MR) is 72.9 cm³/mol. The molecule has 19 heavy (non-hydrogen) atoms. The van der Waals surface area contributed by atoms with E-state index >= 15 is 0 Å². The van der Waals surface area contributed by atoms with Crippen LogP contribution in [-0.2, 0) is 11.2 Å². The average Bonchev–Trinajstić information content (AvgIpc) is 2.46. The fourth-order valence-electron chi connectivity index (χ4n) is 1.76. The minimum absolute atomic E-state index is 0.338. The maximum Gasteiger partial charge on any atom is 0.313 e. The van der Waals surface area contributed by atoms with Crippen LogP contribution in [-0.4, -0.2) is 21.0 Å². The molecule has 4 heteroatoms. The van der Waals surface area contributed by atoms with Crippen LogP contribution in [0.25, 0.3) is 11.3 Å². The van der Waals surface area contributed by atoms with Crippen LogP contribution in [0.1, 0.15) is 31.2 Å². The topological polar surface area (TPSA) is 63.1 Å². The summed E-state index contributed by atoms with van der Waals surface area (Å²) in [7, 11) is 0. The minimum Gasteiger partial charge on any atom is -0.481 e. The summed E-state index contributed by atoms with van der Waals surface area (Å²) in [6.45, 7) is 3.69. The molecule has 0 aliphatic carbocycles. The second kappa shape index (κ2) is 5.61. The van der Waals surface area contributed by atoms with Gasteiger partial charge in [0.15, 0.2) is 0 Å². The van der Waals surface area contributed by atoms with Crippen molar-refractivity contribution in [3.8, 4) is 11.3 Å². The molecule has 0 saturated heterocycles. The van der Waals surface area contributed by atoms with Crippen LogP contribution in [0, 0.1) is 0 Å².